The first-order chi connectivity index (χ1) is 9.29. The van der Waals surface area contributed by atoms with E-state index in [9.17, 15) is 9.59 Å². The number of hydrogen-bond donors (Lipinski definition) is 0. The fraction of sp³-hybridized carbons (Fsp3) is 0.200. The molecule has 1 aromatic carbocycles. The molecule has 1 aliphatic rings. The molecule has 4 heteroatoms. The van der Waals surface area contributed by atoms with E-state index in [1.807, 2.05) is 36.4 Å². The van der Waals surface area contributed by atoms with Crippen LogP contribution in [0.15, 0.2) is 42.5 Å². The third-order valence-electron chi connectivity index (χ3n) is 3.37. The van der Waals surface area contributed by atoms with Gasteiger partial charge in [-0.25, -0.2) is 4.79 Å². The molecule has 0 amide bonds. The third kappa shape index (κ3) is 2.05. The largest absolute Gasteiger partial charge is 0.458 e. The first-order valence-corrected chi connectivity index (χ1v) is 6.15. The standard InChI is InChI=1S/C15H13NO3/c17-9-12-6-7-13-10-19-15(18)14(16(12)13)8-11-4-2-1-3-5-11/h1-7,9,14H,8,10H2/t14-/m0/s1. The van der Waals surface area contributed by atoms with E-state index < -0.39 is 6.04 Å². The van der Waals surface area contributed by atoms with E-state index in [4.69, 9.17) is 4.74 Å². The molecule has 0 aliphatic carbocycles. The van der Waals surface area contributed by atoms with E-state index in [0.29, 0.717) is 12.1 Å². The number of rotatable bonds is 3. The summed E-state index contributed by atoms with van der Waals surface area (Å²) in [6, 6.07) is 12.8. The van der Waals surface area contributed by atoms with E-state index in [-0.39, 0.29) is 12.6 Å². The minimum Gasteiger partial charge on any atom is -0.458 e. The van der Waals surface area contributed by atoms with Crippen LogP contribution in [0.4, 0.5) is 0 Å². The molecule has 3 rings (SSSR count). The van der Waals surface area contributed by atoms with Crippen molar-refractivity contribution < 1.29 is 14.3 Å². The van der Waals surface area contributed by atoms with Gasteiger partial charge in [-0.1, -0.05) is 30.3 Å². The normalized spacial score (nSPS) is 17.7. The molecule has 19 heavy (non-hydrogen) atoms. The summed E-state index contributed by atoms with van der Waals surface area (Å²) in [6.07, 6.45) is 1.31. The van der Waals surface area contributed by atoms with Gasteiger partial charge in [0.15, 0.2) is 6.29 Å². The molecule has 1 aliphatic heterocycles. The Morgan fingerprint density at radius 1 is 1.21 bits per heavy atom. The number of fused-ring (bicyclic) bond motifs is 1. The Morgan fingerprint density at radius 3 is 2.74 bits per heavy atom. The van der Waals surface area contributed by atoms with Crippen LogP contribution in [0.3, 0.4) is 0 Å². The lowest BCUT2D eigenvalue weighted by Gasteiger charge is -2.26. The number of nitrogens with zero attached hydrogens (tertiary/aromatic N) is 1. The van der Waals surface area contributed by atoms with Gasteiger partial charge in [0.25, 0.3) is 0 Å². The van der Waals surface area contributed by atoms with Crippen LogP contribution >= 0.6 is 0 Å². The Hall–Kier alpha value is -2.36. The Kier molecular flexibility index (Phi) is 2.91. The van der Waals surface area contributed by atoms with Gasteiger partial charge in [0.2, 0.25) is 0 Å². The number of benzene rings is 1. The van der Waals surface area contributed by atoms with Gasteiger partial charge in [-0.05, 0) is 17.7 Å². The van der Waals surface area contributed by atoms with Crippen LogP contribution < -0.4 is 0 Å². The van der Waals surface area contributed by atoms with Gasteiger partial charge in [0.1, 0.15) is 12.6 Å². The minimum atomic E-state index is -0.457. The van der Waals surface area contributed by atoms with E-state index in [1.54, 1.807) is 10.6 Å². The highest BCUT2D eigenvalue weighted by atomic mass is 16.5. The molecule has 0 fully saturated rings. The number of carbonyl (C=O) groups excluding carboxylic acids is 2. The van der Waals surface area contributed by atoms with Crippen molar-refractivity contribution in [1.29, 1.82) is 0 Å². The van der Waals surface area contributed by atoms with Crippen molar-refractivity contribution in [2.45, 2.75) is 19.1 Å². The third-order valence-corrected chi connectivity index (χ3v) is 3.37. The van der Waals surface area contributed by atoms with E-state index >= 15 is 0 Å². The predicted molar refractivity (Wildman–Crippen MR) is 68.8 cm³/mol. The summed E-state index contributed by atoms with van der Waals surface area (Å²) in [7, 11) is 0. The van der Waals surface area contributed by atoms with Crippen LogP contribution in [0, 0.1) is 0 Å². The lowest BCUT2D eigenvalue weighted by Crippen LogP contribution is -2.31. The summed E-state index contributed by atoms with van der Waals surface area (Å²) in [6.45, 7) is 0.234. The van der Waals surface area contributed by atoms with Gasteiger partial charge in [-0.15, -0.1) is 0 Å². The first-order valence-electron chi connectivity index (χ1n) is 6.15. The Bertz CT molecular complexity index is 616. The zero-order valence-electron chi connectivity index (χ0n) is 10.3. The predicted octanol–water partition coefficient (Wildman–Crippen LogP) is 2.14. The van der Waals surface area contributed by atoms with Crippen molar-refractivity contribution in [3.8, 4) is 0 Å². The van der Waals surface area contributed by atoms with E-state index in [2.05, 4.69) is 0 Å². The summed E-state index contributed by atoms with van der Waals surface area (Å²) in [5, 5.41) is 0. The maximum atomic E-state index is 12.0. The van der Waals surface area contributed by atoms with Crippen molar-refractivity contribution in [2.75, 3.05) is 0 Å². The Labute approximate surface area is 110 Å². The van der Waals surface area contributed by atoms with Crippen LogP contribution in [0.25, 0.3) is 0 Å². The lowest BCUT2D eigenvalue weighted by molar-refractivity contribution is -0.152. The summed E-state index contributed by atoms with van der Waals surface area (Å²) in [5.41, 5.74) is 2.43. The molecule has 0 N–H and O–H groups in total. The molecule has 0 bridgehead atoms. The molecule has 0 saturated carbocycles. The summed E-state index contributed by atoms with van der Waals surface area (Å²) >= 11 is 0. The maximum Gasteiger partial charge on any atom is 0.329 e. The zero-order valence-corrected chi connectivity index (χ0v) is 10.3. The summed E-state index contributed by atoms with van der Waals surface area (Å²) in [5.74, 6) is -0.282. The van der Waals surface area contributed by atoms with Crippen molar-refractivity contribution in [3.05, 3.63) is 59.4 Å². The van der Waals surface area contributed by atoms with Crippen LogP contribution in [-0.4, -0.2) is 16.8 Å². The van der Waals surface area contributed by atoms with Gasteiger partial charge in [0.05, 0.1) is 11.4 Å². The lowest BCUT2D eigenvalue weighted by atomic mass is 10.0. The van der Waals surface area contributed by atoms with Crippen molar-refractivity contribution in [3.63, 3.8) is 0 Å². The number of ether oxygens (including phenoxy) is 1. The van der Waals surface area contributed by atoms with Crippen molar-refractivity contribution >= 4 is 12.3 Å². The molecule has 0 radical (unpaired) electrons. The highest BCUT2D eigenvalue weighted by molar-refractivity contribution is 5.79. The SMILES string of the molecule is O=Cc1ccc2n1[C@@H](Cc1ccccc1)C(=O)OC2. The van der Waals surface area contributed by atoms with Gasteiger partial charge in [-0.2, -0.15) is 0 Å². The molecule has 0 saturated heterocycles. The monoisotopic (exact) mass is 255 g/mol. The Balaban J connectivity index is 1.99. The second-order valence-electron chi connectivity index (χ2n) is 4.55. The Morgan fingerprint density at radius 2 is 2.00 bits per heavy atom. The van der Waals surface area contributed by atoms with Crippen LogP contribution in [0.1, 0.15) is 27.8 Å². The molecule has 2 aromatic rings. The number of cyclic esters (lactones) is 1. The van der Waals surface area contributed by atoms with Crippen LogP contribution in [0.2, 0.25) is 0 Å². The van der Waals surface area contributed by atoms with Crippen molar-refractivity contribution in [2.24, 2.45) is 0 Å². The van der Waals surface area contributed by atoms with E-state index in [0.717, 1.165) is 17.5 Å². The zero-order chi connectivity index (χ0) is 13.2. The van der Waals surface area contributed by atoms with Crippen LogP contribution in [0.5, 0.6) is 0 Å². The average molecular weight is 255 g/mol. The van der Waals surface area contributed by atoms with Crippen molar-refractivity contribution in [1.82, 2.24) is 4.57 Å². The number of carbonyl (C=O) groups is 2. The molecule has 96 valence electrons. The molecule has 0 unspecified atom stereocenters. The topological polar surface area (TPSA) is 48.3 Å². The minimum absolute atomic E-state index is 0.234. The second-order valence-corrected chi connectivity index (χ2v) is 4.55. The summed E-state index contributed by atoms with van der Waals surface area (Å²) < 4.78 is 6.95. The fourth-order valence-corrected chi connectivity index (χ4v) is 2.46. The molecule has 1 atom stereocenters. The van der Waals surface area contributed by atoms with E-state index in [1.165, 1.54) is 0 Å². The van der Waals surface area contributed by atoms with Crippen LogP contribution in [-0.2, 0) is 22.6 Å². The molecule has 1 aromatic heterocycles. The van der Waals surface area contributed by atoms with Gasteiger partial charge in [-0.3, -0.25) is 4.79 Å². The van der Waals surface area contributed by atoms with Gasteiger partial charge < -0.3 is 9.30 Å². The fourth-order valence-electron chi connectivity index (χ4n) is 2.46. The summed E-state index contributed by atoms with van der Waals surface area (Å²) in [4.78, 5) is 23.0. The molecular weight excluding hydrogens is 242 g/mol. The quantitative estimate of drug-likeness (QED) is 0.623. The first kappa shape index (κ1) is 11.7. The second kappa shape index (κ2) is 4.72. The molecule has 4 nitrogen and oxygen atoms in total. The molecule has 2 heterocycles. The average Bonchev–Trinajstić information content (AvgIpc) is 2.86. The maximum absolute atomic E-state index is 12.0. The molecular formula is C15H13NO3. The smallest absolute Gasteiger partial charge is 0.329 e. The number of aromatic nitrogens is 1. The highest BCUT2D eigenvalue weighted by Gasteiger charge is 2.30. The highest BCUT2D eigenvalue weighted by Crippen LogP contribution is 2.26. The number of esters is 1. The van der Waals surface area contributed by atoms with Gasteiger partial charge >= 0.3 is 5.97 Å². The number of hydrogen-bond acceptors (Lipinski definition) is 3. The number of aldehydes is 1. The van der Waals surface area contributed by atoms with Gasteiger partial charge in [0, 0.05) is 6.42 Å². The molecule has 0 spiro atoms.